The van der Waals surface area contributed by atoms with Crippen molar-refractivity contribution >= 4 is 17.4 Å². The predicted molar refractivity (Wildman–Crippen MR) is 78.7 cm³/mol. The summed E-state index contributed by atoms with van der Waals surface area (Å²) in [6, 6.07) is 7.94. The fraction of sp³-hybridized carbons (Fsp3) is 0.357. The summed E-state index contributed by atoms with van der Waals surface area (Å²) >= 11 is 1.63. The molecular weight excluding hydrogens is 258 g/mol. The smallest absolute Gasteiger partial charge is 0.122 e. The number of aromatic nitrogens is 2. The van der Waals surface area contributed by atoms with Crippen molar-refractivity contribution in [2.24, 2.45) is 7.05 Å². The van der Waals surface area contributed by atoms with Gasteiger partial charge in [0.2, 0.25) is 0 Å². The molecule has 19 heavy (non-hydrogen) atoms. The van der Waals surface area contributed by atoms with E-state index in [1.54, 1.807) is 18.9 Å². The Hall–Kier alpha value is -1.62. The minimum atomic E-state index is 0.796. The molecule has 2 rings (SSSR count). The zero-order chi connectivity index (χ0) is 13.8. The first-order chi connectivity index (χ1) is 9.15. The van der Waals surface area contributed by atoms with E-state index in [0.717, 1.165) is 39.9 Å². The highest BCUT2D eigenvalue weighted by atomic mass is 32.2. The maximum absolute atomic E-state index is 6.17. The number of hydrogen-bond acceptors (Lipinski definition) is 4. The van der Waals surface area contributed by atoms with Gasteiger partial charge >= 0.3 is 0 Å². The number of nitrogen functional groups attached to an aromatic ring is 1. The molecule has 0 amide bonds. The first-order valence-corrected chi connectivity index (χ1v) is 7.10. The summed E-state index contributed by atoms with van der Waals surface area (Å²) in [5.41, 5.74) is 7.95. The molecule has 4 nitrogen and oxygen atoms in total. The predicted octanol–water partition coefficient (Wildman–Crippen LogP) is 3.11. The largest absolute Gasteiger partial charge is 0.497 e. The van der Waals surface area contributed by atoms with Crippen LogP contribution in [-0.4, -0.2) is 16.9 Å². The molecule has 0 radical (unpaired) electrons. The van der Waals surface area contributed by atoms with Crippen molar-refractivity contribution in [1.29, 1.82) is 0 Å². The normalized spacial score (nSPS) is 10.7. The molecule has 2 N–H and O–H groups in total. The molecule has 0 fully saturated rings. The van der Waals surface area contributed by atoms with E-state index < -0.39 is 0 Å². The third kappa shape index (κ3) is 3.04. The Balaban J connectivity index is 2.22. The zero-order valence-corrected chi connectivity index (χ0v) is 12.3. The van der Waals surface area contributed by atoms with Crippen LogP contribution < -0.4 is 10.5 Å². The van der Waals surface area contributed by atoms with E-state index in [1.807, 2.05) is 36.0 Å². The molecule has 0 bridgehead atoms. The van der Waals surface area contributed by atoms with Gasteiger partial charge in [0.1, 0.15) is 10.8 Å². The minimum Gasteiger partial charge on any atom is -0.497 e. The van der Waals surface area contributed by atoms with Gasteiger partial charge in [-0.15, -0.1) is 0 Å². The lowest BCUT2D eigenvalue weighted by Gasteiger charge is -2.04. The van der Waals surface area contributed by atoms with E-state index in [-0.39, 0.29) is 0 Å². The third-order valence-electron chi connectivity index (χ3n) is 2.87. The van der Waals surface area contributed by atoms with Crippen molar-refractivity contribution in [2.45, 2.75) is 29.7 Å². The van der Waals surface area contributed by atoms with Crippen LogP contribution in [0.15, 0.2) is 34.2 Å². The summed E-state index contributed by atoms with van der Waals surface area (Å²) in [5, 5.41) is 5.47. The van der Waals surface area contributed by atoms with Gasteiger partial charge in [0.15, 0.2) is 0 Å². The highest BCUT2D eigenvalue weighted by molar-refractivity contribution is 7.99. The second kappa shape index (κ2) is 6.02. The van der Waals surface area contributed by atoms with Gasteiger partial charge in [-0.25, -0.2) is 0 Å². The standard InChI is InChI=1S/C14H19N3OS/c1-4-5-12-13(15)14(17(2)16-12)19-11-8-6-10(18-3)7-9-11/h6-9H,4-5,15H2,1-3H3. The average Bonchev–Trinajstić information content (AvgIpc) is 2.68. The molecule has 0 aliphatic heterocycles. The number of ether oxygens (including phenoxy) is 1. The second-order valence-corrected chi connectivity index (χ2v) is 5.38. The quantitative estimate of drug-likeness (QED) is 0.912. The van der Waals surface area contributed by atoms with E-state index in [1.165, 1.54) is 0 Å². The molecule has 0 saturated heterocycles. The molecule has 5 heteroatoms. The van der Waals surface area contributed by atoms with Gasteiger partial charge in [0, 0.05) is 11.9 Å². The molecule has 0 atom stereocenters. The summed E-state index contributed by atoms with van der Waals surface area (Å²) in [5.74, 6) is 0.856. The molecule has 1 aromatic carbocycles. The first-order valence-electron chi connectivity index (χ1n) is 6.29. The minimum absolute atomic E-state index is 0.796. The Morgan fingerprint density at radius 1 is 1.32 bits per heavy atom. The lowest BCUT2D eigenvalue weighted by molar-refractivity contribution is 0.414. The van der Waals surface area contributed by atoms with Crippen molar-refractivity contribution in [2.75, 3.05) is 12.8 Å². The zero-order valence-electron chi connectivity index (χ0n) is 11.5. The maximum atomic E-state index is 6.17. The number of benzene rings is 1. The van der Waals surface area contributed by atoms with Crippen LogP contribution in [0.2, 0.25) is 0 Å². The number of nitrogens with zero attached hydrogens (tertiary/aromatic N) is 2. The van der Waals surface area contributed by atoms with E-state index in [2.05, 4.69) is 12.0 Å². The Bertz CT molecular complexity index is 549. The molecule has 0 saturated carbocycles. The molecule has 0 aliphatic rings. The first kappa shape index (κ1) is 13.8. The fourth-order valence-corrected chi connectivity index (χ4v) is 2.77. The van der Waals surface area contributed by atoms with Crippen molar-refractivity contribution in [3.05, 3.63) is 30.0 Å². The Kier molecular flexibility index (Phi) is 4.37. The van der Waals surface area contributed by atoms with Crippen LogP contribution in [-0.2, 0) is 13.5 Å². The van der Waals surface area contributed by atoms with E-state index >= 15 is 0 Å². The van der Waals surface area contributed by atoms with E-state index in [9.17, 15) is 0 Å². The van der Waals surface area contributed by atoms with Crippen molar-refractivity contribution in [1.82, 2.24) is 9.78 Å². The number of aryl methyl sites for hydroxylation is 2. The maximum Gasteiger partial charge on any atom is 0.122 e. The van der Waals surface area contributed by atoms with Crippen molar-refractivity contribution in [3.8, 4) is 5.75 Å². The van der Waals surface area contributed by atoms with Gasteiger partial charge < -0.3 is 10.5 Å². The van der Waals surface area contributed by atoms with Crippen LogP contribution >= 0.6 is 11.8 Å². The number of hydrogen-bond donors (Lipinski definition) is 1. The average molecular weight is 277 g/mol. The Labute approximate surface area is 117 Å². The number of methoxy groups -OCH3 is 1. The van der Waals surface area contributed by atoms with Crippen LogP contribution in [0.25, 0.3) is 0 Å². The SMILES string of the molecule is CCCc1nn(C)c(Sc2ccc(OC)cc2)c1N. The van der Waals surface area contributed by atoms with Crippen LogP contribution in [0.4, 0.5) is 5.69 Å². The highest BCUT2D eigenvalue weighted by Crippen LogP contribution is 2.34. The van der Waals surface area contributed by atoms with Gasteiger partial charge in [-0.3, -0.25) is 4.68 Å². The molecule has 2 aromatic rings. The van der Waals surface area contributed by atoms with Crippen LogP contribution in [0.1, 0.15) is 19.0 Å². The van der Waals surface area contributed by atoms with Crippen LogP contribution in [0.3, 0.4) is 0 Å². The van der Waals surface area contributed by atoms with Gasteiger partial charge in [0.05, 0.1) is 18.5 Å². The molecule has 1 aromatic heterocycles. The van der Waals surface area contributed by atoms with Crippen LogP contribution in [0.5, 0.6) is 5.75 Å². The molecule has 0 spiro atoms. The number of rotatable bonds is 5. The summed E-state index contributed by atoms with van der Waals surface area (Å²) in [7, 11) is 3.60. The molecule has 0 aliphatic carbocycles. The van der Waals surface area contributed by atoms with Gasteiger partial charge in [-0.2, -0.15) is 5.10 Å². The van der Waals surface area contributed by atoms with Crippen molar-refractivity contribution in [3.63, 3.8) is 0 Å². The Morgan fingerprint density at radius 2 is 2.00 bits per heavy atom. The fourth-order valence-electron chi connectivity index (χ4n) is 1.88. The van der Waals surface area contributed by atoms with Gasteiger partial charge in [-0.1, -0.05) is 25.1 Å². The van der Waals surface area contributed by atoms with Crippen LogP contribution in [0, 0.1) is 0 Å². The highest BCUT2D eigenvalue weighted by Gasteiger charge is 2.13. The summed E-state index contributed by atoms with van der Waals surface area (Å²) in [6.07, 6.45) is 1.97. The van der Waals surface area contributed by atoms with Gasteiger partial charge in [-0.05, 0) is 30.7 Å². The molecule has 0 unspecified atom stereocenters. The lowest BCUT2D eigenvalue weighted by atomic mass is 10.2. The molecule has 1 heterocycles. The topological polar surface area (TPSA) is 53.1 Å². The summed E-state index contributed by atoms with van der Waals surface area (Å²) in [4.78, 5) is 1.12. The summed E-state index contributed by atoms with van der Waals surface area (Å²) < 4.78 is 7.01. The van der Waals surface area contributed by atoms with Gasteiger partial charge in [0.25, 0.3) is 0 Å². The van der Waals surface area contributed by atoms with E-state index in [0.29, 0.717) is 0 Å². The van der Waals surface area contributed by atoms with E-state index in [4.69, 9.17) is 10.5 Å². The second-order valence-electron chi connectivity index (χ2n) is 4.32. The van der Waals surface area contributed by atoms with Crippen molar-refractivity contribution < 1.29 is 4.74 Å². The molecule has 102 valence electrons. The lowest BCUT2D eigenvalue weighted by Crippen LogP contribution is -1.93. The summed E-state index contributed by atoms with van der Waals surface area (Å²) in [6.45, 7) is 2.13. The number of anilines is 1. The third-order valence-corrected chi connectivity index (χ3v) is 4.05. The number of nitrogens with two attached hydrogens (primary N) is 1. The molecular formula is C14H19N3OS. The monoisotopic (exact) mass is 277 g/mol. The Morgan fingerprint density at radius 3 is 2.58 bits per heavy atom.